The van der Waals surface area contributed by atoms with Crippen LogP contribution in [0.4, 0.5) is 19.3 Å². The largest absolute Gasteiger partial charge is 0.483 e. The summed E-state index contributed by atoms with van der Waals surface area (Å²) >= 11 is 0. The van der Waals surface area contributed by atoms with Crippen LogP contribution in [0.25, 0.3) is 0 Å². The van der Waals surface area contributed by atoms with E-state index >= 15 is 0 Å². The molecule has 0 unspecified atom stereocenters. The molecule has 168 valence electrons. The molecular weight excluding hydrogens is 406 g/mol. The summed E-state index contributed by atoms with van der Waals surface area (Å²) in [6, 6.07) is 11.7. The van der Waals surface area contributed by atoms with E-state index in [-0.39, 0.29) is 24.6 Å². The van der Waals surface area contributed by atoms with Crippen molar-refractivity contribution < 1.29 is 23.5 Å². The van der Waals surface area contributed by atoms with Gasteiger partial charge in [0.25, 0.3) is 6.47 Å². The second-order valence-corrected chi connectivity index (χ2v) is 7.14. The van der Waals surface area contributed by atoms with Gasteiger partial charge in [0.1, 0.15) is 11.6 Å². The van der Waals surface area contributed by atoms with Crippen molar-refractivity contribution in [3.8, 4) is 0 Å². The van der Waals surface area contributed by atoms with Crippen LogP contribution in [0, 0.1) is 11.6 Å². The van der Waals surface area contributed by atoms with E-state index in [1.807, 2.05) is 0 Å². The number of urea groups is 1. The predicted molar refractivity (Wildman–Crippen MR) is 115 cm³/mol. The lowest BCUT2D eigenvalue weighted by Crippen LogP contribution is -2.46. The van der Waals surface area contributed by atoms with Gasteiger partial charge in [0.2, 0.25) is 0 Å². The summed E-state index contributed by atoms with van der Waals surface area (Å²) in [6.07, 6.45) is 2.54. The fourth-order valence-corrected chi connectivity index (χ4v) is 3.34. The molecule has 0 bridgehead atoms. The summed E-state index contributed by atoms with van der Waals surface area (Å²) < 4.78 is 26.6. The van der Waals surface area contributed by atoms with E-state index in [4.69, 9.17) is 15.6 Å². The number of piperidine rings is 1. The number of carboxylic acid groups (broad SMARTS) is 1. The molecule has 3 rings (SSSR count). The molecule has 0 aromatic heterocycles. The van der Waals surface area contributed by atoms with Gasteiger partial charge in [-0.05, 0) is 49.6 Å². The number of nitrogens with one attached hydrogen (secondary N) is 2. The SMILES string of the molecule is NCCc1ccc(NC2CCN(C(=O)NCc3ccc(F)cc3F)CC2)cc1.O=CO. The van der Waals surface area contributed by atoms with Crippen LogP contribution in [-0.2, 0) is 17.8 Å². The van der Waals surface area contributed by atoms with Crippen molar-refractivity contribution in [2.75, 3.05) is 25.0 Å². The molecule has 1 aliphatic heterocycles. The zero-order valence-electron chi connectivity index (χ0n) is 17.2. The Morgan fingerprint density at radius 2 is 1.81 bits per heavy atom. The highest BCUT2D eigenvalue weighted by molar-refractivity contribution is 5.74. The van der Waals surface area contributed by atoms with Crippen LogP contribution in [-0.4, -0.2) is 48.2 Å². The Hall–Kier alpha value is -3.20. The highest BCUT2D eigenvalue weighted by Crippen LogP contribution is 2.18. The average Bonchev–Trinajstić information content (AvgIpc) is 2.76. The molecule has 9 heteroatoms. The molecule has 0 radical (unpaired) electrons. The Bertz CT molecular complexity index is 841. The van der Waals surface area contributed by atoms with Gasteiger partial charge in [0.05, 0.1) is 0 Å². The quantitative estimate of drug-likeness (QED) is 0.523. The van der Waals surface area contributed by atoms with E-state index in [1.54, 1.807) is 4.90 Å². The summed E-state index contributed by atoms with van der Waals surface area (Å²) in [5, 5.41) is 13.1. The third kappa shape index (κ3) is 7.86. The molecule has 5 N–H and O–H groups in total. The third-order valence-electron chi connectivity index (χ3n) is 4.99. The minimum absolute atomic E-state index is 0.0400. The summed E-state index contributed by atoms with van der Waals surface area (Å²) in [5.41, 5.74) is 8.12. The van der Waals surface area contributed by atoms with Crippen molar-refractivity contribution in [3.63, 3.8) is 0 Å². The fourth-order valence-electron chi connectivity index (χ4n) is 3.34. The van der Waals surface area contributed by atoms with Crippen LogP contribution in [0.2, 0.25) is 0 Å². The number of halogens is 2. The van der Waals surface area contributed by atoms with E-state index < -0.39 is 11.6 Å². The minimum atomic E-state index is -0.652. The molecule has 1 saturated heterocycles. The number of rotatable bonds is 6. The molecule has 1 heterocycles. The van der Waals surface area contributed by atoms with Crippen molar-refractivity contribution in [2.45, 2.75) is 31.8 Å². The summed E-state index contributed by atoms with van der Waals surface area (Å²) in [5.74, 6) is -1.28. The zero-order valence-corrected chi connectivity index (χ0v) is 17.2. The zero-order chi connectivity index (χ0) is 22.6. The van der Waals surface area contributed by atoms with Crippen molar-refractivity contribution >= 4 is 18.2 Å². The molecule has 2 aromatic carbocycles. The summed E-state index contributed by atoms with van der Waals surface area (Å²) in [6.45, 7) is 1.68. The number of likely N-dealkylation sites (tertiary alicyclic amines) is 1. The van der Waals surface area contributed by atoms with Gasteiger partial charge in [0.15, 0.2) is 0 Å². The summed E-state index contributed by atoms with van der Waals surface area (Å²) in [7, 11) is 0. The number of hydrogen-bond donors (Lipinski definition) is 4. The maximum Gasteiger partial charge on any atom is 0.317 e. The summed E-state index contributed by atoms with van der Waals surface area (Å²) in [4.78, 5) is 22.4. The van der Waals surface area contributed by atoms with Crippen LogP contribution in [0.3, 0.4) is 0 Å². The van der Waals surface area contributed by atoms with Gasteiger partial charge in [-0.15, -0.1) is 0 Å². The van der Waals surface area contributed by atoms with Gasteiger partial charge >= 0.3 is 6.03 Å². The normalized spacial score (nSPS) is 13.7. The number of nitrogens with two attached hydrogens (primary N) is 1. The molecule has 31 heavy (non-hydrogen) atoms. The second-order valence-electron chi connectivity index (χ2n) is 7.14. The fraction of sp³-hybridized carbons (Fsp3) is 0.364. The lowest BCUT2D eigenvalue weighted by atomic mass is 10.0. The Morgan fingerprint density at radius 3 is 2.39 bits per heavy atom. The van der Waals surface area contributed by atoms with Gasteiger partial charge in [-0.25, -0.2) is 13.6 Å². The molecule has 7 nitrogen and oxygen atoms in total. The number of benzene rings is 2. The first-order valence-electron chi connectivity index (χ1n) is 10.1. The smallest absolute Gasteiger partial charge is 0.317 e. The standard InChI is InChI=1S/C21H26F2N4O.CH2O2/c22-17-4-3-16(20(23)13-17)14-25-21(28)27-11-8-19(9-12-27)26-18-5-1-15(2-6-18)7-10-24;2-1-3/h1-6,13,19,26H,7-12,14,24H2,(H,25,28);1H,(H,2,3). The molecule has 1 fully saturated rings. The highest BCUT2D eigenvalue weighted by atomic mass is 19.1. The van der Waals surface area contributed by atoms with Gasteiger partial charge in [-0.3, -0.25) is 4.79 Å². The number of amides is 2. The molecule has 0 spiro atoms. The molecule has 2 aromatic rings. The van der Waals surface area contributed by atoms with E-state index in [2.05, 4.69) is 34.9 Å². The number of anilines is 1. The number of hydrogen-bond acceptors (Lipinski definition) is 4. The van der Waals surface area contributed by atoms with Crippen LogP contribution in [0.15, 0.2) is 42.5 Å². The first-order chi connectivity index (χ1) is 15.0. The predicted octanol–water partition coefficient (Wildman–Crippen LogP) is 2.95. The first kappa shape index (κ1) is 24.1. The lowest BCUT2D eigenvalue weighted by Gasteiger charge is -2.33. The molecule has 2 amide bonds. The Balaban J connectivity index is 0.00000107. The maximum atomic E-state index is 13.6. The van der Waals surface area contributed by atoms with Crippen molar-refractivity contribution in [2.24, 2.45) is 5.73 Å². The number of nitrogens with zero attached hydrogens (tertiary/aromatic N) is 1. The average molecular weight is 434 g/mol. The minimum Gasteiger partial charge on any atom is -0.483 e. The van der Waals surface area contributed by atoms with Crippen LogP contribution in [0.1, 0.15) is 24.0 Å². The Labute approximate surface area is 180 Å². The van der Waals surface area contributed by atoms with Gasteiger partial charge < -0.3 is 26.4 Å². The number of carbonyl (C=O) groups is 2. The van der Waals surface area contributed by atoms with Crippen molar-refractivity contribution in [3.05, 3.63) is 65.2 Å². The van der Waals surface area contributed by atoms with Gasteiger partial charge in [-0.2, -0.15) is 0 Å². The van der Waals surface area contributed by atoms with Gasteiger partial charge in [0, 0.05) is 43.0 Å². The van der Waals surface area contributed by atoms with Crippen molar-refractivity contribution in [1.29, 1.82) is 0 Å². The second kappa shape index (κ2) is 12.5. The van der Waals surface area contributed by atoms with Crippen molar-refractivity contribution in [1.82, 2.24) is 10.2 Å². The first-order valence-corrected chi connectivity index (χ1v) is 10.1. The van der Waals surface area contributed by atoms with E-state index in [1.165, 1.54) is 17.7 Å². The van der Waals surface area contributed by atoms with Crippen LogP contribution in [0.5, 0.6) is 0 Å². The van der Waals surface area contributed by atoms with E-state index in [0.29, 0.717) is 25.7 Å². The third-order valence-corrected chi connectivity index (χ3v) is 4.99. The van der Waals surface area contributed by atoms with Gasteiger partial charge in [-0.1, -0.05) is 18.2 Å². The molecule has 0 aliphatic carbocycles. The van der Waals surface area contributed by atoms with Crippen LogP contribution < -0.4 is 16.4 Å². The molecular formula is C22H28F2N4O3. The Kier molecular flexibility index (Phi) is 9.70. The molecule has 0 saturated carbocycles. The highest BCUT2D eigenvalue weighted by Gasteiger charge is 2.22. The number of carbonyl (C=O) groups excluding carboxylic acids is 1. The topological polar surface area (TPSA) is 108 Å². The molecule has 1 aliphatic rings. The van der Waals surface area contributed by atoms with Crippen LogP contribution >= 0.6 is 0 Å². The molecule has 0 atom stereocenters. The van der Waals surface area contributed by atoms with E-state index in [0.717, 1.165) is 31.0 Å². The van der Waals surface area contributed by atoms with E-state index in [9.17, 15) is 13.6 Å². The monoisotopic (exact) mass is 434 g/mol. The Morgan fingerprint density at radius 1 is 1.16 bits per heavy atom. The lowest BCUT2D eigenvalue weighted by molar-refractivity contribution is -0.122. The maximum absolute atomic E-state index is 13.6.